The molecule has 0 fully saturated rings. The highest BCUT2D eigenvalue weighted by Crippen LogP contribution is 2.11. The molecule has 17 heavy (non-hydrogen) atoms. The van der Waals surface area contributed by atoms with Crippen molar-refractivity contribution in [2.45, 2.75) is 26.8 Å². The van der Waals surface area contributed by atoms with E-state index in [0.29, 0.717) is 17.0 Å². The van der Waals surface area contributed by atoms with Crippen LogP contribution in [0.1, 0.15) is 29.8 Å². The van der Waals surface area contributed by atoms with Crippen LogP contribution in [-0.4, -0.2) is 17.3 Å². The molecular formula is C13H17BrFNO. The van der Waals surface area contributed by atoms with Gasteiger partial charge < -0.3 is 5.32 Å². The zero-order valence-electron chi connectivity index (χ0n) is 10.3. The number of alkyl halides is 1. The molecule has 0 saturated heterocycles. The molecule has 2 atom stereocenters. The molecule has 0 bridgehead atoms. The van der Waals surface area contributed by atoms with E-state index >= 15 is 0 Å². The number of benzene rings is 1. The number of rotatable bonds is 4. The first-order valence-electron chi connectivity index (χ1n) is 5.58. The van der Waals surface area contributed by atoms with Crippen LogP contribution in [0.2, 0.25) is 0 Å². The fourth-order valence-electron chi connectivity index (χ4n) is 1.30. The van der Waals surface area contributed by atoms with Crippen molar-refractivity contribution in [3.63, 3.8) is 0 Å². The van der Waals surface area contributed by atoms with E-state index in [1.807, 2.05) is 13.8 Å². The topological polar surface area (TPSA) is 29.1 Å². The summed E-state index contributed by atoms with van der Waals surface area (Å²) in [6.07, 6.45) is 0. The molecule has 0 heterocycles. The highest BCUT2D eigenvalue weighted by molar-refractivity contribution is 9.09. The first-order chi connectivity index (χ1) is 7.95. The summed E-state index contributed by atoms with van der Waals surface area (Å²) >= 11 is 3.37. The molecule has 0 radical (unpaired) electrons. The molecule has 2 unspecified atom stereocenters. The van der Waals surface area contributed by atoms with Crippen LogP contribution in [0.3, 0.4) is 0 Å². The second-order valence-corrected chi connectivity index (χ2v) is 5.01. The van der Waals surface area contributed by atoms with Gasteiger partial charge in [-0.05, 0) is 37.5 Å². The second-order valence-electron chi connectivity index (χ2n) is 4.36. The van der Waals surface area contributed by atoms with Crippen molar-refractivity contribution in [2.75, 3.05) is 5.33 Å². The minimum absolute atomic E-state index is 0.0474. The van der Waals surface area contributed by atoms with Crippen molar-refractivity contribution in [3.05, 3.63) is 35.1 Å². The van der Waals surface area contributed by atoms with Crippen LogP contribution < -0.4 is 5.32 Å². The van der Waals surface area contributed by atoms with Gasteiger partial charge in [0.05, 0.1) is 0 Å². The number of amides is 1. The Morgan fingerprint density at radius 2 is 2.12 bits per heavy atom. The summed E-state index contributed by atoms with van der Waals surface area (Å²) < 4.78 is 13.3. The Balaban J connectivity index is 2.73. The standard InChI is InChI=1S/C13H17BrFNO/c1-8-4-5-11(6-12(8)15)13(17)16-10(3)9(2)7-14/h4-6,9-10H,7H2,1-3H3,(H,16,17). The van der Waals surface area contributed by atoms with Crippen molar-refractivity contribution < 1.29 is 9.18 Å². The largest absolute Gasteiger partial charge is 0.349 e. The van der Waals surface area contributed by atoms with Gasteiger partial charge in [0.15, 0.2) is 0 Å². The lowest BCUT2D eigenvalue weighted by Crippen LogP contribution is -2.37. The molecule has 1 aromatic carbocycles. The van der Waals surface area contributed by atoms with E-state index in [2.05, 4.69) is 21.2 Å². The van der Waals surface area contributed by atoms with Gasteiger partial charge in [-0.1, -0.05) is 28.9 Å². The molecule has 0 aliphatic heterocycles. The number of halogens is 2. The quantitative estimate of drug-likeness (QED) is 0.850. The minimum atomic E-state index is -0.348. The van der Waals surface area contributed by atoms with E-state index in [0.717, 1.165) is 5.33 Å². The van der Waals surface area contributed by atoms with Gasteiger partial charge in [0.2, 0.25) is 0 Å². The smallest absolute Gasteiger partial charge is 0.251 e. The van der Waals surface area contributed by atoms with Crippen LogP contribution in [0.25, 0.3) is 0 Å². The van der Waals surface area contributed by atoms with Crippen molar-refractivity contribution in [1.29, 1.82) is 0 Å². The lowest BCUT2D eigenvalue weighted by Gasteiger charge is -2.19. The van der Waals surface area contributed by atoms with Gasteiger partial charge in [-0.3, -0.25) is 4.79 Å². The molecule has 94 valence electrons. The summed E-state index contributed by atoms with van der Waals surface area (Å²) in [5, 5.41) is 3.67. The lowest BCUT2D eigenvalue weighted by molar-refractivity contribution is 0.0930. The molecule has 1 aromatic rings. The van der Waals surface area contributed by atoms with Crippen LogP contribution >= 0.6 is 15.9 Å². The number of hydrogen-bond acceptors (Lipinski definition) is 1. The average molecular weight is 302 g/mol. The Morgan fingerprint density at radius 1 is 1.47 bits per heavy atom. The lowest BCUT2D eigenvalue weighted by atomic mass is 10.1. The summed E-state index contributed by atoms with van der Waals surface area (Å²) in [7, 11) is 0. The third-order valence-corrected chi connectivity index (χ3v) is 3.91. The Kier molecular flexibility index (Phi) is 5.12. The maximum absolute atomic E-state index is 13.3. The zero-order chi connectivity index (χ0) is 13.0. The SMILES string of the molecule is Cc1ccc(C(=O)NC(C)C(C)CBr)cc1F. The summed E-state index contributed by atoms with van der Waals surface area (Å²) in [5.74, 6) is -0.253. The van der Waals surface area contributed by atoms with E-state index in [1.54, 1.807) is 19.1 Å². The van der Waals surface area contributed by atoms with Crippen molar-refractivity contribution in [1.82, 2.24) is 5.32 Å². The maximum Gasteiger partial charge on any atom is 0.251 e. The third-order valence-electron chi connectivity index (χ3n) is 2.89. The van der Waals surface area contributed by atoms with Gasteiger partial charge in [0, 0.05) is 16.9 Å². The molecule has 0 aliphatic rings. The number of hydrogen-bond donors (Lipinski definition) is 1. The molecule has 0 saturated carbocycles. The predicted molar refractivity (Wildman–Crippen MR) is 71.0 cm³/mol. The summed E-state index contributed by atoms with van der Waals surface area (Å²) in [6.45, 7) is 5.65. The average Bonchev–Trinajstić information content (AvgIpc) is 2.31. The first kappa shape index (κ1) is 14.2. The van der Waals surface area contributed by atoms with Gasteiger partial charge in [0.1, 0.15) is 5.82 Å². The molecule has 0 aromatic heterocycles. The van der Waals surface area contributed by atoms with E-state index in [9.17, 15) is 9.18 Å². The van der Waals surface area contributed by atoms with Gasteiger partial charge in [-0.15, -0.1) is 0 Å². The molecular weight excluding hydrogens is 285 g/mol. The van der Waals surface area contributed by atoms with Gasteiger partial charge in [-0.2, -0.15) is 0 Å². The van der Waals surface area contributed by atoms with Crippen LogP contribution in [0.4, 0.5) is 4.39 Å². The maximum atomic E-state index is 13.3. The predicted octanol–water partition coefficient (Wildman–Crippen LogP) is 3.28. The molecule has 1 rings (SSSR count). The van der Waals surface area contributed by atoms with Gasteiger partial charge in [0.25, 0.3) is 5.91 Å². The Hall–Kier alpha value is -0.900. The second kappa shape index (κ2) is 6.15. The number of carbonyl (C=O) groups is 1. The molecule has 2 nitrogen and oxygen atoms in total. The molecule has 4 heteroatoms. The third kappa shape index (κ3) is 3.80. The van der Waals surface area contributed by atoms with Gasteiger partial charge in [-0.25, -0.2) is 4.39 Å². The van der Waals surface area contributed by atoms with Crippen molar-refractivity contribution >= 4 is 21.8 Å². The van der Waals surface area contributed by atoms with Crippen LogP contribution in [0.15, 0.2) is 18.2 Å². The minimum Gasteiger partial charge on any atom is -0.349 e. The molecule has 1 amide bonds. The molecule has 0 spiro atoms. The molecule has 0 aliphatic carbocycles. The molecule has 1 N–H and O–H groups in total. The van der Waals surface area contributed by atoms with E-state index < -0.39 is 0 Å². The van der Waals surface area contributed by atoms with E-state index in [-0.39, 0.29) is 17.8 Å². The van der Waals surface area contributed by atoms with Crippen molar-refractivity contribution in [3.8, 4) is 0 Å². The fourth-order valence-corrected chi connectivity index (χ4v) is 1.86. The Morgan fingerprint density at radius 3 is 2.65 bits per heavy atom. The van der Waals surface area contributed by atoms with E-state index in [4.69, 9.17) is 0 Å². The summed E-state index contributed by atoms with van der Waals surface area (Å²) in [5.41, 5.74) is 0.908. The Bertz CT molecular complexity index is 408. The van der Waals surface area contributed by atoms with Crippen LogP contribution in [-0.2, 0) is 0 Å². The Labute approximate surface area is 110 Å². The highest BCUT2D eigenvalue weighted by atomic mass is 79.9. The number of nitrogens with one attached hydrogen (secondary N) is 1. The summed E-state index contributed by atoms with van der Waals surface area (Å²) in [4.78, 5) is 11.8. The zero-order valence-corrected chi connectivity index (χ0v) is 11.8. The number of aryl methyl sites for hydroxylation is 1. The van der Waals surface area contributed by atoms with Gasteiger partial charge >= 0.3 is 0 Å². The van der Waals surface area contributed by atoms with E-state index in [1.165, 1.54) is 6.07 Å². The fraction of sp³-hybridized carbons (Fsp3) is 0.462. The van der Waals surface area contributed by atoms with Crippen molar-refractivity contribution in [2.24, 2.45) is 5.92 Å². The highest BCUT2D eigenvalue weighted by Gasteiger charge is 2.15. The summed E-state index contributed by atoms with van der Waals surface area (Å²) in [6, 6.07) is 4.57. The van der Waals surface area contributed by atoms with Crippen LogP contribution in [0, 0.1) is 18.7 Å². The normalized spacial score (nSPS) is 14.2. The number of carbonyl (C=O) groups excluding carboxylic acids is 1. The monoisotopic (exact) mass is 301 g/mol. The van der Waals surface area contributed by atoms with Crippen LogP contribution in [0.5, 0.6) is 0 Å². The first-order valence-corrected chi connectivity index (χ1v) is 6.70.